The molecular weight excluding hydrogens is 274 g/mol. The normalized spacial score (nSPS) is 13.0. The first-order valence-electron chi connectivity index (χ1n) is 6.93. The van der Waals surface area contributed by atoms with Gasteiger partial charge < -0.3 is 19.9 Å². The Bertz CT molecular complexity index is 551. The van der Waals surface area contributed by atoms with Crippen molar-refractivity contribution in [3.05, 3.63) is 18.2 Å². The highest BCUT2D eigenvalue weighted by atomic mass is 16.7. The van der Waals surface area contributed by atoms with Crippen LogP contribution in [0.2, 0.25) is 0 Å². The molecule has 1 aliphatic heterocycles. The van der Waals surface area contributed by atoms with E-state index in [1.54, 1.807) is 32.0 Å². The first kappa shape index (κ1) is 15.2. The molecule has 0 unspecified atom stereocenters. The molecule has 1 aromatic rings. The number of carboxylic acid groups (broad SMARTS) is 1. The molecule has 0 saturated heterocycles. The molecule has 114 valence electrons. The Morgan fingerprint density at radius 3 is 2.52 bits per heavy atom. The van der Waals surface area contributed by atoms with Gasteiger partial charge in [-0.2, -0.15) is 0 Å². The van der Waals surface area contributed by atoms with Crippen molar-refractivity contribution in [3.8, 4) is 11.5 Å². The number of amides is 1. The third kappa shape index (κ3) is 3.09. The van der Waals surface area contributed by atoms with Gasteiger partial charge in [0, 0.05) is 18.2 Å². The van der Waals surface area contributed by atoms with Crippen molar-refractivity contribution in [1.82, 2.24) is 0 Å². The van der Waals surface area contributed by atoms with Crippen LogP contribution in [0, 0.1) is 5.41 Å². The van der Waals surface area contributed by atoms with Crippen molar-refractivity contribution in [2.24, 2.45) is 5.41 Å². The number of hydrogen-bond acceptors (Lipinski definition) is 4. The molecule has 0 aliphatic carbocycles. The van der Waals surface area contributed by atoms with E-state index in [2.05, 4.69) is 5.32 Å². The lowest BCUT2D eigenvalue weighted by Gasteiger charge is -2.25. The van der Waals surface area contributed by atoms with Crippen LogP contribution in [0.3, 0.4) is 0 Å². The molecule has 0 bridgehead atoms. The van der Waals surface area contributed by atoms with Gasteiger partial charge in [-0.3, -0.25) is 9.59 Å². The molecule has 2 N–H and O–H groups in total. The number of ether oxygens (including phenoxy) is 2. The predicted octanol–water partition coefficient (Wildman–Crippen LogP) is 2.63. The highest BCUT2D eigenvalue weighted by Crippen LogP contribution is 2.35. The fourth-order valence-electron chi connectivity index (χ4n) is 2.36. The van der Waals surface area contributed by atoms with Crippen molar-refractivity contribution in [1.29, 1.82) is 0 Å². The fraction of sp³-hybridized carbons (Fsp3) is 0.467. The monoisotopic (exact) mass is 293 g/mol. The predicted molar refractivity (Wildman–Crippen MR) is 76.5 cm³/mol. The average molecular weight is 293 g/mol. The lowest BCUT2D eigenvalue weighted by atomic mass is 9.79. The van der Waals surface area contributed by atoms with E-state index in [0.29, 0.717) is 30.0 Å². The number of carbonyl (C=O) groups excluding carboxylic acids is 1. The molecule has 2 rings (SSSR count). The van der Waals surface area contributed by atoms with E-state index in [9.17, 15) is 14.7 Å². The van der Waals surface area contributed by atoms with E-state index in [-0.39, 0.29) is 19.1 Å². The molecule has 21 heavy (non-hydrogen) atoms. The van der Waals surface area contributed by atoms with E-state index >= 15 is 0 Å². The van der Waals surface area contributed by atoms with Crippen molar-refractivity contribution < 1.29 is 24.2 Å². The number of nitrogens with one attached hydrogen (secondary N) is 1. The SMILES string of the molecule is CCC(CC)(CC(=O)Nc1ccc2c(c1)OCO2)C(=O)O. The standard InChI is InChI=1S/C15H19NO5/c1-3-15(4-2,14(18)19)8-13(17)16-10-5-6-11-12(7-10)21-9-20-11/h5-7H,3-4,8-9H2,1-2H3,(H,16,17)(H,18,19). The summed E-state index contributed by atoms with van der Waals surface area (Å²) in [5.41, 5.74) is -0.448. The van der Waals surface area contributed by atoms with Gasteiger partial charge >= 0.3 is 5.97 Å². The molecular formula is C15H19NO5. The number of rotatable bonds is 6. The molecule has 0 radical (unpaired) electrons. The highest BCUT2D eigenvalue weighted by molar-refractivity contribution is 5.94. The molecule has 1 aromatic carbocycles. The number of aliphatic carboxylic acids is 1. The van der Waals surface area contributed by atoms with Gasteiger partial charge in [0.2, 0.25) is 12.7 Å². The Hall–Kier alpha value is -2.24. The Kier molecular flexibility index (Phi) is 4.35. The molecule has 0 fully saturated rings. The van der Waals surface area contributed by atoms with Gasteiger partial charge in [0.1, 0.15) is 0 Å². The van der Waals surface area contributed by atoms with Crippen LogP contribution in [-0.2, 0) is 9.59 Å². The number of carbonyl (C=O) groups is 2. The van der Waals surface area contributed by atoms with Gasteiger partial charge in [-0.1, -0.05) is 13.8 Å². The summed E-state index contributed by atoms with van der Waals surface area (Å²) >= 11 is 0. The second-order valence-corrected chi connectivity index (χ2v) is 5.09. The van der Waals surface area contributed by atoms with Crippen LogP contribution in [0.25, 0.3) is 0 Å². The molecule has 6 nitrogen and oxygen atoms in total. The smallest absolute Gasteiger partial charge is 0.310 e. The van der Waals surface area contributed by atoms with Crippen LogP contribution in [0.1, 0.15) is 33.1 Å². The van der Waals surface area contributed by atoms with E-state index in [4.69, 9.17) is 9.47 Å². The number of fused-ring (bicyclic) bond motifs is 1. The van der Waals surface area contributed by atoms with Gasteiger partial charge in [-0.15, -0.1) is 0 Å². The zero-order chi connectivity index (χ0) is 15.5. The van der Waals surface area contributed by atoms with E-state index in [0.717, 1.165) is 0 Å². The molecule has 1 aliphatic rings. The highest BCUT2D eigenvalue weighted by Gasteiger charge is 2.37. The van der Waals surface area contributed by atoms with Gasteiger partial charge in [0.15, 0.2) is 11.5 Å². The maximum atomic E-state index is 12.1. The molecule has 1 amide bonds. The molecule has 0 atom stereocenters. The van der Waals surface area contributed by atoms with Crippen LogP contribution in [0.4, 0.5) is 5.69 Å². The topological polar surface area (TPSA) is 84.9 Å². The first-order chi connectivity index (χ1) is 10.0. The largest absolute Gasteiger partial charge is 0.481 e. The summed E-state index contributed by atoms with van der Waals surface area (Å²) in [6.45, 7) is 3.73. The molecule has 1 heterocycles. The minimum absolute atomic E-state index is 0.0518. The Balaban J connectivity index is 2.06. The summed E-state index contributed by atoms with van der Waals surface area (Å²) in [6.07, 6.45) is 0.768. The Morgan fingerprint density at radius 2 is 1.90 bits per heavy atom. The van der Waals surface area contributed by atoms with Gasteiger partial charge in [-0.05, 0) is 25.0 Å². The quantitative estimate of drug-likeness (QED) is 0.842. The number of benzene rings is 1. The lowest BCUT2D eigenvalue weighted by molar-refractivity contribution is -0.151. The summed E-state index contributed by atoms with van der Waals surface area (Å²) < 4.78 is 10.4. The van der Waals surface area contributed by atoms with Crippen LogP contribution in [0.15, 0.2) is 18.2 Å². The minimum atomic E-state index is -1.01. The maximum Gasteiger partial charge on any atom is 0.310 e. The Labute approximate surface area is 123 Å². The molecule has 6 heteroatoms. The van der Waals surface area contributed by atoms with Crippen LogP contribution in [-0.4, -0.2) is 23.8 Å². The van der Waals surface area contributed by atoms with E-state index < -0.39 is 11.4 Å². The number of hydrogen-bond donors (Lipinski definition) is 2. The summed E-state index contributed by atoms with van der Waals surface area (Å²) in [4.78, 5) is 23.5. The van der Waals surface area contributed by atoms with Crippen LogP contribution < -0.4 is 14.8 Å². The minimum Gasteiger partial charge on any atom is -0.481 e. The maximum absolute atomic E-state index is 12.1. The van der Waals surface area contributed by atoms with Crippen molar-refractivity contribution in [2.45, 2.75) is 33.1 Å². The van der Waals surface area contributed by atoms with Gasteiger partial charge in [0.05, 0.1) is 5.41 Å². The van der Waals surface area contributed by atoms with Crippen molar-refractivity contribution in [2.75, 3.05) is 12.1 Å². The summed E-state index contributed by atoms with van der Waals surface area (Å²) in [5, 5.41) is 12.1. The third-order valence-electron chi connectivity index (χ3n) is 3.96. The van der Waals surface area contributed by atoms with Crippen LogP contribution >= 0.6 is 0 Å². The third-order valence-corrected chi connectivity index (χ3v) is 3.96. The second kappa shape index (κ2) is 6.03. The zero-order valence-corrected chi connectivity index (χ0v) is 12.1. The Morgan fingerprint density at radius 1 is 1.24 bits per heavy atom. The summed E-state index contributed by atoms with van der Waals surface area (Å²) in [5.74, 6) is -0.0495. The van der Waals surface area contributed by atoms with Gasteiger partial charge in [0.25, 0.3) is 0 Å². The number of carboxylic acids is 1. The zero-order valence-electron chi connectivity index (χ0n) is 12.1. The summed E-state index contributed by atoms with van der Waals surface area (Å²) in [6, 6.07) is 5.08. The van der Waals surface area contributed by atoms with Crippen LogP contribution in [0.5, 0.6) is 11.5 Å². The molecule has 0 aromatic heterocycles. The molecule has 0 saturated carbocycles. The summed E-state index contributed by atoms with van der Waals surface area (Å²) in [7, 11) is 0. The average Bonchev–Trinajstić information content (AvgIpc) is 2.92. The first-order valence-corrected chi connectivity index (χ1v) is 6.93. The van der Waals surface area contributed by atoms with E-state index in [1.807, 2.05) is 0 Å². The fourth-order valence-corrected chi connectivity index (χ4v) is 2.36. The lowest BCUT2D eigenvalue weighted by Crippen LogP contribution is -2.34. The van der Waals surface area contributed by atoms with E-state index in [1.165, 1.54) is 0 Å². The molecule has 0 spiro atoms. The number of anilines is 1. The second-order valence-electron chi connectivity index (χ2n) is 5.09. The van der Waals surface area contributed by atoms with Gasteiger partial charge in [-0.25, -0.2) is 0 Å². The van der Waals surface area contributed by atoms with Crippen molar-refractivity contribution >= 4 is 17.6 Å². The van der Waals surface area contributed by atoms with Crippen molar-refractivity contribution in [3.63, 3.8) is 0 Å².